The molecule has 3 rings (SSSR count). The fourth-order valence-electron chi connectivity index (χ4n) is 2.60. The maximum absolute atomic E-state index is 11.9. The van der Waals surface area contributed by atoms with Gasteiger partial charge in [0.05, 0.1) is 0 Å². The van der Waals surface area contributed by atoms with Gasteiger partial charge >= 0.3 is 5.63 Å². The third kappa shape index (κ3) is 4.43. The molecule has 0 aliphatic carbocycles. The van der Waals surface area contributed by atoms with Crippen molar-refractivity contribution in [3.8, 4) is 5.75 Å². The molecular weight excluding hydrogens is 354 g/mol. The van der Waals surface area contributed by atoms with Gasteiger partial charge < -0.3 is 14.5 Å². The number of fused-ring (bicyclic) bond motifs is 1. The molecule has 134 valence electrons. The predicted octanol–water partition coefficient (Wildman–Crippen LogP) is 3.70. The SMILES string of the molecule is CCc1cc(=O)oc2cc(OCC(=O)NCc3ccc(Cl)cc3)ccc12. The largest absolute Gasteiger partial charge is 0.484 e. The molecule has 0 saturated heterocycles. The predicted molar refractivity (Wildman–Crippen MR) is 101 cm³/mol. The third-order valence-electron chi connectivity index (χ3n) is 3.96. The summed E-state index contributed by atoms with van der Waals surface area (Å²) in [7, 11) is 0. The van der Waals surface area contributed by atoms with Gasteiger partial charge in [-0.05, 0) is 41.8 Å². The molecule has 1 amide bonds. The molecule has 1 N–H and O–H groups in total. The molecule has 1 aromatic heterocycles. The molecule has 1 heterocycles. The lowest BCUT2D eigenvalue weighted by Crippen LogP contribution is -2.28. The first-order chi connectivity index (χ1) is 12.5. The zero-order valence-electron chi connectivity index (χ0n) is 14.3. The Labute approximate surface area is 155 Å². The maximum Gasteiger partial charge on any atom is 0.336 e. The number of carbonyl (C=O) groups is 1. The molecule has 0 saturated carbocycles. The summed E-state index contributed by atoms with van der Waals surface area (Å²) in [5.41, 5.74) is 1.92. The second kappa shape index (κ2) is 8.06. The Hall–Kier alpha value is -2.79. The summed E-state index contributed by atoms with van der Waals surface area (Å²) in [5.74, 6) is 0.222. The maximum atomic E-state index is 11.9. The quantitative estimate of drug-likeness (QED) is 0.671. The summed E-state index contributed by atoms with van der Waals surface area (Å²) in [6.07, 6.45) is 0.732. The van der Waals surface area contributed by atoms with Crippen molar-refractivity contribution in [1.29, 1.82) is 0 Å². The molecule has 0 unspecified atom stereocenters. The van der Waals surface area contributed by atoms with Gasteiger partial charge in [0.15, 0.2) is 6.61 Å². The van der Waals surface area contributed by atoms with Gasteiger partial charge in [-0.1, -0.05) is 30.7 Å². The fourth-order valence-corrected chi connectivity index (χ4v) is 2.72. The smallest absolute Gasteiger partial charge is 0.336 e. The lowest BCUT2D eigenvalue weighted by molar-refractivity contribution is -0.123. The minimum absolute atomic E-state index is 0.128. The lowest BCUT2D eigenvalue weighted by Gasteiger charge is -2.09. The van der Waals surface area contributed by atoms with Crippen LogP contribution in [0.5, 0.6) is 5.75 Å². The van der Waals surface area contributed by atoms with Gasteiger partial charge in [-0.15, -0.1) is 0 Å². The number of aryl methyl sites for hydroxylation is 1. The van der Waals surface area contributed by atoms with Crippen molar-refractivity contribution in [3.63, 3.8) is 0 Å². The van der Waals surface area contributed by atoms with Gasteiger partial charge in [0.25, 0.3) is 5.91 Å². The van der Waals surface area contributed by atoms with Crippen LogP contribution in [0.15, 0.2) is 57.7 Å². The van der Waals surface area contributed by atoms with Gasteiger partial charge in [0.1, 0.15) is 11.3 Å². The van der Waals surface area contributed by atoms with Gasteiger partial charge in [0, 0.05) is 29.1 Å². The van der Waals surface area contributed by atoms with E-state index in [0.29, 0.717) is 22.9 Å². The summed E-state index contributed by atoms with van der Waals surface area (Å²) in [6.45, 7) is 2.24. The van der Waals surface area contributed by atoms with Crippen LogP contribution < -0.4 is 15.7 Å². The molecule has 2 aromatic carbocycles. The number of halogens is 1. The number of hydrogen-bond acceptors (Lipinski definition) is 4. The highest BCUT2D eigenvalue weighted by Gasteiger charge is 2.08. The van der Waals surface area contributed by atoms with Crippen LogP contribution in [0.2, 0.25) is 5.02 Å². The van der Waals surface area contributed by atoms with Crippen molar-refractivity contribution in [1.82, 2.24) is 5.32 Å². The lowest BCUT2D eigenvalue weighted by atomic mass is 10.1. The van der Waals surface area contributed by atoms with Gasteiger partial charge in [-0.3, -0.25) is 4.79 Å². The molecule has 0 bridgehead atoms. The third-order valence-corrected chi connectivity index (χ3v) is 4.21. The van der Waals surface area contributed by atoms with Crippen LogP contribution in [-0.4, -0.2) is 12.5 Å². The molecule has 0 fully saturated rings. The van der Waals surface area contributed by atoms with Crippen LogP contribution in [-0.2, 0) is 17.8 Å². The van der Waals surface area contributed by atoms with Crippen LogP contribution in [0.3, 0.4) is 0 Å². The Morgan fingerprint density at radius 1 is 1.15 bits per heavy atom. The molecule has 0 aliphatic heterocycles. The molecular formula is C20H18ClNO4. The van der Waals surface area contributed by atoms with Crippen LogP contribution >= 0.6 is 11.6 Å². The highest BCUT2D eigenvalue weighted by molar-refractivity contribution is 6.30. The van der Waals surface area contributed by atoms with E-state index in [9.17, 15) is 9.59 Å². The van der Waals surface area contributed by atoms with Crippen LogP contribution in [0.25, 0.3) is 11.0 Å². The average molecular weight is 372 g/mol. The zero-order valence-corrected chi connectivity index (χ0v) is 15.0. The Morgan fingerprint density at radius 3 is 2.65 bits per heavy atom. The molecule has 0 spiro atoms. The second-order valence-electron chi connectivity index (χ2n) is 5.79. The number of benzene rings is 2. The van der Waals surface area contributed by atoms with E-state index < -0.39 is 5.63 Å². The first-order valence-electron chi connectivity index (χ1n) is 8.26. The number of hydrogen-bond donors (Lipinski definition) is 1. The highest BCUT2D eigenvalue weighted by atomic mass is 35.5. The second-order valence-corrected chi connectivity index (χ2v) is 6.23. The van der Waals surface area contributed by atoms with E-state index in [-0.39, 0.29) is 12.5 Å². The van der Waals surface area contributed by atoms with Crippen molar-refractivity contribution in [3.05, 3.63) is 75.1 Å². The topological polar surface area (TPSA) is 68.5 Å². The minimum atomic E-state index is -0.396. The van der Waals surface area contributed by atoms with E-state index in [1.165, 1.54) is 6.07 Å². The minimum Gasteiger partial charge on any atom is -0.484 e. The Bertz CT molecular complexity index is 979. The van der Waals surface area contributed by atoms with E-state index in [1.54, 1.807) is 24.3 Å². The fraction of sp³-hybridized carbons (Fsp3) is 0.200. The summed E-state index contributed by atoms with van der Waals surface area (Å²) in [6, 6.07) is 13.9. The Morgan fingerprint density at radius 2 is 1.92 bits per heavy atom. The van der Waals surface area contributed by atoms with E-state index >= 15 is 0 Å². The van der Waals surface area contributed by atoms with E-state index in [2.05, 4.69) is 5.32 Å². The van der Waals surface area contributed by atoms with E-state index in [1.807, 2.05) is 25.1 Å². The molecule has 0 radical (unpaired) electrons. The van der Waals surface area contributed by atoms with E-state index in [4.69, 9.17) is 20.8 Å². The highest BCUT2D eigenvalue weighted by Crippen LogP contribution is 2.23. The first-order valence-corrected chi connectivity index (χ1v) is 8.63. The van der Waals surface area contributed by atoms with Gasteiger partial charge in [-0.2, -0.15) is 0 Å². The molecule has 0 aliphatic rings. The van der Waals surface area contributed by atoms with E-state index in [0.717, 1.165) is 22.9 Å². The molecule has 0 atom stereocenters. The summed E-state index contributed by atoms with van der Waals surface area (Å²) in [4.78, 5) is 23.5. The van der Waals surface area contributed by atoms with Crippen molar-refractivity contribution in [2.75, 3.05) is 6.61 Å². The zero-order chi connectivity index (χ0) is 18.5. The number of carbonyl (C=O) groups excluding carboxylic acids is 1. The van der Waals surface area contributed by atoms with Gasteiger partial charge in [-0.25, -0.2) is 4.79 Å². The van der Waals surface area contributed by atoms with Crippen molar-refractivity contribution in [2.45, 2.75) is 19.9 Å². The monoisotopic (exact) mass is 371 g/mol. The number of rotatable bonds is 6. The molecule has 6 heteroatoms. The number of ether oxygens (including phenoxy) is 1. The van der Waals surface area contributed by atoms with Crippen molar-refractivity contribution >= 4 is 28.5 Å². The molecule has 3 aromatic rings. The number of amides is 1. The molecule has 5 nitrogen and oxygen atoms in total. The van der Waals surface area contributed by atoms with Gasteiger partial charge in [0.2, 0.25) is 0 Å². The first kappa shape index (κ1) is 18.0. The number of nitrogens with one attached hydrogen (secondary N) is 1. The van der Waals surface area contributed by atoms with Crippen LogP contribution in [0, 0.1) is 0 Å². The Balaban J connectivity index is 1.61. The van der Waals surface area contributed by atoms with Crippen LogP contribution in [0.4, 0.5) is 0 Å². The summed E-state index contributed by atoms with van der Waals surface area (Å²) in [5, 5.41) is 4.29. The molecule has 26 heavy (non-hydrogen) atoms. The standard InChI is InChI=1S/C20H18ClNO4/c1-2-14-9-20(24)26-18-10-16(7-8-17(14)18)25-12-19(23)22-11-13-3-5-15(21)6-4-13/h3-10H,2,11-12H2,1H3,(H,22,23). The average Bonchev–Trinajstić information content (AvgIpc) is 2.64. The van der Waals surface area contributed by atoms with Crippen molar-refractivity contribution in [2.24, 2.45) is 0 Å². The van der Waals surface area contributed by atoms with Crippen LogP contribution in [0.1, 0.15) is 18.1 Å². The normalized spacial score (nSPS) is 10.7. The Kier molecular flexibility index (Phi) is 5.58. The van der Waals surface area contributed by atoms with Crippen molar-refractivity contribution < 1.29 is 13.9 Å². The summed E-state index contributed by atoms with van der Waals surface area (Å²) < 4.78 is 10.7. The summed E-state index contributed by atoms with van der Waals surface area (Å²) >= 11 is 5.83.